The quantitative estimate of drug-likeness (QED) is 0.585. The van der Waals surface area contributed by atoms with Crippen molar-refractivity contribution < 1.29 is 0 Å². The van der Waals surface area contributed by atoms with Crippen LogP contribution in [0, 0.1) is 0 Å². The Hall–Kier alpha value is -3.47. The van der Waals surface area contributed by atoms with E-state index in [0.717, 1.165) is 27.9 Å². The predicted octanol–water partition coefficient (Wildman–Crippen LogP) is 3.62. The molecule has 126 valence electrons. The summed E-state index contributed by atoms with van der Waals surface area (Å²) in [6.07, 6.45) is 3.60. The first-order chi connectivity index (χ1) is 12.8. The van der Waals surface area contributed by atoms with E-state index in [-0.39, 0.29) is 17.5 Å². The van der Waals surface area contributed by atoms with Gasteiger partial charge in [0.05, 0.1) is 23.0 Å². The zero-order valence-corrected chi connectivity index (χ0v) is 13.9. The molecule has 5 rings (SSSR count). The van der Waals surface area contributed by atoms with Crippen molar-refractivity contribution in [1.29, 1.82) is 0 Å². The van der Waals surface area contributed by atoms with Crippen LogP contribution in [-0.4, -0.2) is 15.2 Å². The van der Waals surface area contributed by atoms with Crippen LogP contribution in [0.5, 0.6) is 0 Å². The van der Waals surface area contributed by atoms with Gasteiger partial charge in [-0.25, -0.2) is 5.10 Å². The molecule has 1 aliphatic rings. The summed E-state index contributed by atoms with van der Waals surface area (Å²) in [5.74, 6) is -0.0205. The van der Waals surface area contributed by atoms with E-state index < -0.39 is 0 Å². The first kappa shape index (κ1) is 14.8. The van der Waals surface area contributed by atoms with Crippen molar-refractivity contribution in [3.05, 3.63) is 100 Å². The maximum Gasteiger partial charge on any atom is 0.272 e. The van der Waals surface area contributed by atoms with Crippen molar-refractivity contribution >= 4 is 16.5 Å². The first-order valence-corrected chi connectivity index (χ1v) is 8.55. The largest absolute Gasteiger partial charge is 0.377 e. The number of benzene rings is 2. The molecule has 0 radical (unpaired) electrons. The topological polar surface area (TPSA) is 70.7 Å². The van der Waals surface area contributed by atoms with Gasteiger partial charge in [-0.05, 0) is 35.4 Å². The van der Waals surface area contributed by atoms with Gasteiger partial charge in [-0.1, -0.05) is 36.4 Å². The number of aromatic amines is 1. The molecule has 5 nitrogen and oxygen atoms in total. The van der Waals surface area contributed by atoms with Crippen molar-refractivity contribution in [3.63, 3.8) is 0 Å². The third-order valence-corrected chi connectivity index (χ3v) is 5.01. The van der Waals surface area contributed by atoms with Crippen LogP contribution in [0.2, 0.25) is 0 Å². The molecule has 0 fully saturated rings. The minimum atomic E-state index is -0.165. The smallest absolute Gasteiger partial charge is 0.272 e. The molecule has 0 amide bonds. The maximum atomic E-state index is 12.3. The van der Waals surface area contributed by atoms with Crippen molar-refractivity contribution in [2.24, 2.45) is 0 Å². The van der Waals surface area contributed by atoms with E-state index in [0.29, 0.717) is 5.39 Å². The lowest BCUT2D eigenvalue weighted by Crippen LogP contribution is -2.28. The van der Waals surface area contributed by atoms with Gasteiger partial charge in [-0.15, -0.1) is 0 Å². The fourth-order valence-electron chi connectivity index (χ4n) is 3.86. The lowest BCUT2D eigenvalue weighted by molar-refractivity contribution is 0.637. The molecule has 0 saturated heterocycles. The molecule has 0 spiro atoms. The monoisotopic (exact) mass is 340 g/mol. The molecule has 2 aromatic carbocycles. The second-order valence-corrected chi connectivity index (χ2v) is 6.46. The van der Waals surface area contributed by atoms with E-state index in [1.807, 2.05) is 48.5 Å². The minimum Gasteiger partial charge on any atom is -0.377 e. The van der Waals surface area contributed by atoms with E-state index in [4.69, 9.17) is 0 Å². The lowest BCUT2D eigenvalue weighted by Gasteiger charge is -2.34. The third-order valence-electron chi connectivity index (χ3n) is 5.01. The Morgan fingerprint density at radius 1 is 0.846 bits per heavy atom. The van der Waals surface area contributed by atoms with E-state index in [1.165, 1.54) is 0 Å². The number of H-pyrrole nitrogens is 1. The molecule has 2 unspecified atom stereocenters. The van der Waals surface area contributed by atoms with Crippen molar-refractivity contribution in [1.82, 2.24) is 15.2 Å². The highest BCUT2D eigenvalue weighted by molar-refractivity contribution is 5.97. The number of pyridine rings is 1. The second kappa shape index (κ2) is 5.81. The highest BCUT2D eigenvalue weighted by Crippen LogP contribution is 2.45. The second-order valence-electron chi connectivity index (χ2n) is 6.46. The fraction of sp³-hybridized carbons (Fsp3) is 0.0952. The fourth-order valence-corrected chi connectivity index (χ4v) is 3.86. The van der Waals surface area contributed by atoms with Crippen LogP contribution >= 0.6 is 0 Å². The van der Waals surface area contributed by atoms with Crippen molar-refractivity contribution in [2.75, 3.05) is 5.32 Å². The number of hydrogen-bond donors (Lipinski definition) is 2. The van der Waals surface area contributed by atoms with Gasteiger partial charge >= 0.3 is 0 Å². The minimum absolute atomic E-state index is 0.00287. The summed E-state index contributed by atoms with van der Waals surface area (Å²) in [5, 5.41) is 12.4. The summed E-state index contributed by atoms with van der Waals surface area (Å²) in [4.78, 5) is 16.4. The highest BCUT2D eigenvalue weighted by Gasteiger charge is 2.34. The molecular weight excluding hydrogens is 324 g/mol. The first-order valence-electron chi connectivity index (χ1n) is 8.55. The summed E-state index contributed by atoms with van der Waals surface area (Å²) in [5.41, 5.74) is 3.94. The van der Waals surface area contributed by atoms with Gasteiger partial charge < -0.3 is 5.32 Å². The maximum absolute atomic E-state index is 12.3. The molecular formula is C21H16N4O. The van der Waals surface area contributed by atoms with Gasteiger partial charge in [-0.2, -0.15) is 5.10 Å². The molecule has 2 aromatic heterocycles. The highest BCUT2D eigenvalue weighted by atomic mass is 16.1. The molecule has 0 aliphatic carbocycles. The van der Waals surface area contributed by atoms with E-state index in [1.54, 1.807) is 12.4 Å². The third kappa shape index (κ3) is 2.21. The Morgan fingerprint density at radius 3 is 2.46 bits per heavy atom. The summed E-state index contributed by atoms with van der Waals surface area (Å²) < 4.78 is 0. The average molecular weight is 340 g/mol. The molecule has 26 heavy (non-hydrogen) atoms. The zero-order chi connectivity index (χ0) is 17.5. The molecule has 1 aliphatic heterocycles. The molecule has 5 heteroatoms. The Balaban J connectivity index is 1.82. The van der Waals surface area contributed by atoms with Crippen LogP contribution in [0.1, 0.15) is 28.8 Å². The van der Waals surface area contributed by atoms with Crippen molar-refractivity contribution in [3.8, 4) is 0 Å². The summed E-state index contributed by atoms with van der Waals surface area (Å²) in [7, 11) is 0. The van der Waals surface area contributed by atoms with Gasteiger partial charge in [0.2, 0.25) is 0 Å². The van der Waals surface area contributed by atoms with Crippen molar-refractivity contribution in [2.45, 2.75) is 12.0 Å². The SMILES string of the molecule is O=c1[nH]nc2c3c(cccc13)NC(c1ccncc1)C2c1ccccc1. The standard InChI is InChI=1S/C21H16N4O/c26-21-15-7-4-8-16-18(15)20(24-25-21)17(13-5-2-1-3-6-13)19(23-16)14-9-11-22-12-10-14/h1-12,17,19,23H,(H,25,26). The van der Waals surface area contributed by atoms with E-state index >= 15 is 0 Å². The van der Waals surface area contributed by atoms with E-state index in [2.05, 4.69) is 32.6 Å². The molecule has 4 aromatic rings. The molecule has 0 saturated carbocycles. The van der Waals surface area contributed by atoms with Crippen LogP contribution in [0.15, 0.2) is 77.9 Å². The van der Waals surface area contributed by atoms with Crippen LogP contribution in [0.25, 0.3) is 10.8 Å². The van der Waals surface area contributed by atoms with E-state index in [9.17, 15) is 4.79 Å². The number of rotatable bonds is 2. The number of nitrogens with zero attached hydrogens (tertiary/aromatic N) is 2. The van der Waals surface area contributed by atoms with Crippen LogP contribution in [-0.2, 0) is 0 Å². The number of aromatic nitrogens is 3. The van der Waals surface area contributed by atoms with Gasteiger partial charge in [0.15, 0.2) is 0 Å². The molecule has 2 atom stereocenters. The van der Waals surface area contributed by atoms with Crippen LogP contribution in [0.3, 0.4) is 0 Å². The summed E-state index contributed by atoms with van der Waals surface area (Å²) in [6.45, 7) is 0. The van der Waals surface area contributed by atoms with Crippen LogP contribution in [0.4, 0.5) is 5.69 Å². The van der Waals surface area contributed by atoms with Gasteiger partial charge in [-0.3, -0.25) is 9.78 Å². The number of anilines is 1. The average Bonchev–Trinajstić information content (AvgIpc) is 2.71. The van der Waals surface area contributed by atoms with Gasteiger partial charge in [0.1, 0.15) is 0 Å². The Labute approximate surface area is 149 Å². The lowest BCUT2D eigenvalue weighted by atomic mass is 9.80. The predicted molar refractivity (Wildman–Crippen MR) is 101 cm³/mol. The Morgan fingerprint density at radius 2 is 1.65 bits per heavy atom. The molecule has 3 heterocycles. The van der Waals surface area contributed by atoms with Gasteiger partial charge in [0, 0.05) is 23.5 Å². The Bertz CT molecular complexity index is 1140. The molecule has 0 bridgehead atoms. The normalized spacial score (nSPS) is 18.5. The summed E-state index contributed by atoms with van der Waals surface area (Å²) >= 11 is 0. The molecule has 2 N–H and O–H groups in total. The summed E-state index contributed by atoms with van der Waals surface area (Å²) in [6, 6.07) is 20.1. The zero-order valence-electron chi connectivity index (χ0n) is 13.9. The van der Waals surface area contributed by atoms with Crippen LogP contribution < -0.4 is 10.9 Å². The Kier molecular flexibility index (Phi) is 3.31. The number of hydrogen-bond acceptors (Lipinski definition) is 4. The van der Waals surface area contributed by atoms with Gasteiger partial charge in [0.25, 0.3) is 5.56 Å². The number of nitrogens with one attached hydrogen (secondary N) is 2.